The van der Waals surface area contributed by atoms with Crippen LogP contribution in [0, 0.1) is 0 Å². The van der Waals surface area contributed by atoms with Gasteiger partial charge in [-0.15, -0.1) is 0 Å². The highest BCUT2D eigenvalue weighted by atomic mass is 16.5. The Kier molecular flexibility index (Phi) is 7.68. The molecule has 5 nitrogen and oxygen atoms in total. The number of hydrogen-bond donors (Lipinski definition) is 1. The third-order valence-electron chi connectivity index (χ3n) is 3.78. The maximum absolute atomic E-state index is 5.98. The molecule has 1 aromatic carbocycles. The van der Waals surface area contributed by atoms with E-state index in [2.05, 4.69) is 17.2 Å². The summed E-state index contributed by atoms with van der Waals surface area (Å²) in [6.45, 7) is 6.57. The van der Waals surface area contributed by atoms with Crippen molar-refractivity contribution in [3.05, 3.63) is 59.9 Å². The van der Waals surface area contributed by atoms with Gasteiger partial charge in [-0.1, -0.05) is 43.3 Å². The average molecular weight is 353 g/mol. The average Bonchev–Trinajstić information content (AvgIpc) is 2.68. The number of nitrogens with one attached hydrogen (secondary N) is 1. The van der Waals surface area contributed by atoms with Crippen molar-refractivity contribution in [1.82, 2.24) is 10.3 Å². The zero-order chi connectivity index (χ0) is 18.8. The monoisotopic (exact) mass is 353 g/mol. The molecule has 0 aliphatic heterocycles. The number of amidine groups is 1. The van der Waals surface area contributed by atoms with E-state index >= 15 is 0 Å². The molecule has 0 atom stereocenters. The normalized spacial score (nSPS) is 12.0. The molecule has 138 valence electrons. The number of benzene rings is 1. The van der Waals surface area contributed by atoms with Gasteiger partial charge in [0.2, 0.25) is 0 Å². The highest BCUT2D eigenvalue weighted by Crippen LogP contribution is 2.30. The molecular formula is C21H27N3O2. The summed E-state index contributed by atoms with van der Waals surface area (Å²) < 4.78 is 11.3. The second-order valence-corrected chi connectivity index (χ2v) is 5.88. The van der Waals surface area contributed by atoms with Gasteiger partial charge in [-0.2, -0.15) is 0 Å². The SMILES string of the molecule is C/C=C(/C)N/C(CCC)=N/c1ncc(OC)cc1OCc1ccccc1. The summed E-state index contributed by atoms with van der Waals surface area (Å²) in [6, 6.07) is 11.8. The van der Waals surface area contributed by atoms with Crippen LogP contribution >= 0.6 is 0 Å². The summed E-state index contributed by atoms with van der Waals surface area (Å²) in [6.07, 6.45) is 5.48. The van der Waals surface area contributed by atoms with E-state index in [1.807, 2.05) is 56.3 Å². The fourth-order valence-corrected chi connectivity index (χ4v) is 2.27. The number of allylic oxidation sites excluding steroid dienone is 2. The Labute approximate surface area is 155 Å². The molecule has 0 saturated carbocycles. The molecule has 2 aromatic rings. The van der Waals surface area contributed by atoms with E-state index in [0.717, 1.165) is 29.9 Å². The second kappa shape index (κ2) is 10.2. The fraction of sp³-hybridized carbons (Fsp3) is 0.333. The van der Waals surface area contributed by atoms with E-state index in [9.17, 15) is 0 Å². The van der Waals surface area contributed by atoms with Crippen molar-refractivity contribution in [2.24, 2.45) is 4.99 Å². The highest BCUT2D eigenvalue weighted by molar-refractivity contribution is 5.86. The van der Waals surface area contributed by atoms with E-state index < -0.39 is 0 Å². The zero-order valence-electron chi connectivity index (χ0n) is 16.0. The van der Waals surface area contributed by atoms with Gasteiger partial charge in [0.1, 0.15) is 18.2 Å². The summed E-state index contributed by atoms with van der Waals surface area (Å²) >= 11 is 0. The molecule has 26 heavy (non-hydrogen) atoms. The number of hydrogen-bond acceptors (Lipinski definition) is 4. The van der Waals surface area contributed by atoms with Gasteiger partial charge in [-0.3, -0.25) is 0 Å². The van der Waals surface area contributed by atoms with Gasteiger partial charge in [0.15, 0.2) is 11.6 Å². The number of ether oxygens (including phenoxy) is 2. The van der Waals surface area contributed by atoms with E-state index in [1.165, 1.54) is 0 Å². The Hall–Kier alpha value is -2.82. The van der Waals surface area contributed by atoms with Gasteiger partial charge in [0, 0.05) is 18.2 Å². The van der Waals surface area contributed by atoms with Crippen molar-refractivity contribution in [2.45, 2.75) is 40.2 Å². The van der Waals surface area contributed by atoms with Gasteiger partial charge in [0.25, 0.3) is 0 Å². The zero-order valence-corrected chi connectivity index (χ0v) is 16.0. The van der Waals surface area contributed by atoms with Gasteiger partial charge in [-0.05, 0) is 25.8 Å². The van der Waals surface area contributed by atoms with Crippen LogP contribution in [-0.4, -0.2) is 17.9 Å². The van der Waals surface area contributed by atoms with Crippen molar-refractivity contribution >= 4 is 11.7 Å². The Morgan fingerprint density at radius 1 is 1.27 bits per heavy atom. The van der Waals surface area contributed by atoms with Gasteiger partial charge in [-0.25, -0.2) is 9.98 Å². The molecule has 0 amide bonds. The first-order valence-corrected chi connectivity index (χ1v) is 8.84. The lowest BCUT2D eigenvalue weighted by molar-refractivity contribution is 0.303. The number of rotatable bonds is 8. The van der Waals surface area contributed by atoms with Gasteiger partial charge >= 0.3 is 0 Å². The van der Waals surface area contributed by atoms with E-state index in [-0.39, 0.29) is 0 Å². The molecule has 0 unspecified atom stereocenters. The van der Waals surface area contributed by atoms with Crippen LogP contribution in [0.15, 0.2) is 59.4 Å². The predicted molar refractivity (Wildman–Crippen MR) is 106 cm³/mol. The minimum atomic E-state index is 0.447. The highest BCUT2D eigenvalue weighted by Gasteiger charge is 2.09. The first-order valence-electron chi connectivity index (χ1n) is 8.84. The molecule has 2 rings (SSSR count). The van der Waals surface area contributed by atoms with E-state index in [4.69, 9.17) is 14.5 Å². The standard InChI is InChI=1S/C21H27N3O2/c1-5-10-20(23-16(3)6-2)24-21-19(13-18(25-4)14-22-21)26-15-17-11-8-7-9-12-17/h6-9,11-14H,5,10,15H2,1-4H3,(H,22,23,24)/b16-6-. The van der Waals surface area contributed by atoms with Crippen molar-refractivity contribution < 1.29 is 9.47 Å². The Balaban J connectivity index is 2.28. The van der Waals surface area contributed by atoms with Crippen LogP contribution in [0.1, 0.15) is 39.2 Å². The maximum atomic E-state index is 5.98. The van der Waals surface area contributed by atoms with Crippen LogP contribution in [0.3, 0.4) is 0 Å². The molecule has 0 aliphatic carbocycles. The lowest BCUT2D eigenvalue weighted by atomic mass is 10.2. The Morgan fingerprint density at radius 3 is 2.69 bits per heavy atom. The minimum absolute atomic E-state index is 0.447. The molecule has 0 radical (unpaired) electrons. The lowest BCUT2D eigenvalue weighted by Crippen LogP contribution is -2.21. The smallest absolute Gasteiger partial charge is 0.196 e. The second-order valence-electron chi connectivity index (χ2n) is 5.88. The third-order valence-corrected chi connectivity index (χ3v) is 3.78. The molecular weight excluding hydrogens is 326 g/mol. The Bertz CT molecular complexity index is 755. The molecule has 0 spiro atoms. The van der Waals surface area contributed by atoms with Crippen molar-refractivity contribution in [3.63, 3.8) is 0 Å². The lowest BCUT2D eigenvalue weighted by Gasteiger charge is -2.13. The van der Waals surface area contributed by atoms with Crippen LogP contribution in [0.4, 0.5) is 5.82 Å². The third kappa shape index (κ3) is 5.92. The number of aromatic nitrogens is 1. The number of nitrogens with zero attached hydrogens (tertiary/aromatic N) is 2. The van der Waals surface area contributed by atoms with E-state index in [1.54, 1.807) is 13.3 Å². The fourth-order valence-electron chi connectivity index (χ4n) is 2.27. The topological polar surface area (TPSA) is 55.7 Å². The maximum Gasteiger partial charge on any atom is 0.196 e. The summed E-state index contributed by atoms with van der Waals surface area (Å²) in [5.41, 5.74) is 2.14. The summed E-state index contributed by atoms with van der Waals surface area (Å²) in [4.78, 5) is 9.12. The molecule has 1 heterocycles. The van der Waals surface area contributed by atoms with Gasteiger partial charge in [0.05, 0.1) is 13.3 Å². The number of pyridine rings is 1. The first kappa shape index (κ1) is 19.5. The van der Waals surface area contributed by atoms with E-state index in [0.29, 0.717) is 23.9 Å². The Morgan fingerprint density at radius 2 is 2.04 bits per heavy atom. The predicted octanol–water partition coefficient (Wildman–Crippen LogP) is 5.01. The van der Waals surface area contributed by atoms with Crippen molar-refractivity contribution in [3.8, 4) is 11.5 Å². The molecule has 0 fully saturated rings. The molecule has 5 heteroatoms. The number of aliphatic imine (C=N–C) groups is 1. The number of methoxy groups -OCH3 is 1. The molecule has 1 N–H and O–H groups in total. The molecule has 1 aromatic heterocycles. The van der Waals surface area contributed by atoms with Gasteiger partial charge < -0.3 is 14.8 Å². The van der Waals surface area contributed by atoms with Crippen molar-refractivity contribution in [2.75, 3.05) is 7.11 Å². The first-order chi connectivity index (χ1) is 12.7. The molecule has 0 aliphatic rings. The summed E-state index contributed by atoms with van der Waals surface area (Å²) in [7, 11) is 1.61. The molecule has 0 bridgehead atoms. The quantitative estimate of drug-likeness (QED) is 0.535. The van der Waals surface area contributed by atoms with Crippen LogP contribution in [-0.2, 0) is 6.61 Å². The van der Waals surface area contributed by atoms with Crippen LogP contribution in [0.25, 0.3) is 0 Å². The minimum Gasteiger partial charge on any atom is -0.495 e. The van der Waals surface area contributed by atoms with Crippen LogP contribution in [0.2, 0.25) is 0 Å². The summed E-state index contributed by atoms with van der Waals surface area (Å²) in [5, 5.41) is 3.33. The summed E-state index contributed by atoms with van der Waals surface area (Å²) in [5.74, 6) is 2.65. The molecule has 0 saturated heterocycles. The largest absolute Gasteiger partial charge is 0.495 e. The van der Waals surface area contributed by atoms with Crippen molar-refractivity contribution in [1.29, 1.82) is 0 Å². The van der Waals surface area contributed by atoms with Crippen LogP contribution < -0.4 is 14.8 Å². The van der Waals surface area contributed by atoms with Crippen LogP contribution in [0.5, 0.6) is 11.5 Å².